The van der Waals surface area contributed by atoms with Crippen LogP contribution in [0.15, 0.2) is 41.8 Å². The Kier molecular flexibility index (Phi) is 5.52. The molecule has 30 heavy (non-hydrogen) atoms. The van der Waals surface area contributed by atoms with Crippen molar-refractivity contribution in [2.24, 2.45) is 7.05 Å². The zero-order chi connectivity index (χ0) is 21.3. The number of hydrogen-bond donors (Lipinski definition) is 0. The molecule has 0 radical (unpaired) electrons. The second-order valence-corrected chi connectivity index (χ2v) is 8.76. The largest absolute Gasteiger partial charge is 0.471 e. The van der Waals surface area contributed by atoms with Crippen LogP contribution in [0.1, 0.15) is 0 Å². The van der Waals surface area contributed by atoms with Gasteiger partial charge in [-0.25, -0.2) is 27.2 Å². The highest BCUT2D eigenvalue weighted by Gasteiger charge is 2.29. The number of anilines is 1. The first-order chi connectivity index (χ1) is 14.3. The average molecular weight is 438 g/mol. The van der Waals surface area contributed by atoms with E-state index in [1.807, 2.05) is 11.0 Å². The lowest BCUT2D eigenvalue weighted by molar-refractivity contribution is 0.0804. The topological polar surface area (TPSA) is 93.5 Å². The number of halogens is 2. The van der Waals surface area contributed by atoms with Gasteiger partial charge in [0.05, 0.1) is 17.1 Å². The minimum Gasteiger partial charge on any atom is -0.471 e. The second-order valence-electron chi connectivity index (χ2n) is 6.82. The predicted octanol–water partition coefficient (Wildman–Crippen LogP) is 1.52. The fraction of sp³-hybridized carbons (Fsp3) is 0.389. The summed E-state index contributed by atoms with van der Waals surface area (Å²) < 4.78 is 58.5. The van der Waals surface area contributed by atoms with Crippen LogP contribution in [0.5, 0.6) is 5.88 Å². The van der Waals surface area contributed by atoms with Crippen molar-refractivity contribution in [2.45, 2.75) is 11.3 Å². The lowest BCUT2D eigenvalue weighted by Gasteiger charge is -2.35. The zero-order valence-electron chi connectivity index (χ0n) is 16.1. The Morgan fingerprint density at radius 3 is 2.60 bits per heavy atom. The Hall–Kier alpha value is -2.86. The van der Waals surface area contributed by atoms with Crippen LogP contribution in [0, 0.1) is 0 Å². The van der Waals surface area contributed by atoms with Crippen LogP contribution in [-0.2, 0) is 17.1 Å². The molecule has 0 N–H and O–H groups in total. The molecule has 0 bridgehead atoms. The van der Waals surface area contributed by atoms with E-state index in [-0.39, 0.29) is 10.8 Å². The molecule has 1 fully saturated rings. The third-order valence-electron chi connectivity index (χ3n) is 4.85. The van der Waals surface area contributed by atoms with Gasteiger partial charge in [0.1, 0.15) is 11.2 Å². The Bertz CT molecular complexity index is 1150. The van der Waals surface area contributed by atoms with Crippen LogP contribution in [0.25, 0.3) is 10.9 Å². The van der Waals surface area contributed by atoms with E-state index in [0.29, 0.717) is 37.1 Å². The van der Waals surface area contributed by atoms with Gasteiger partial charge in [-0.1, -0.05) is 0 Å². The van der Waals surface area contributed by atoms with E-state index in [1.54, 1.807) is 19.2 Å². The lowest BCUT2D eigenvalue weighted by atomic mass is 10.2. The number of alkyl halides is 2. The molecule has 1 aromatic carbocycles. The van der Waals surface area contributed by atoms with E-state index in [4.69, 9.17) is 4.74 Å². The van der Waals surface area contributed by atoms with Gasteiger partial charge >= 0.3 is 0 Å². The second kappa shape index (κ2) is 8.11. The first-order valence-corrected chi connectivity index (χ1v) is 10.7. The highest BCUT2D eigenvalue weighted by Crippen LogP contribution is 2.28. The maximum Gasteiger partial charge on any atom is 0.272 e. The van der Waals surface area contributed by atoms with Crippen molar-refractivity contribution in [3.8, 4) is 5.88 Å². The molecule has 160 valence electrons. The summed E-state index contributed by atoms with van der Waals surface area (Å²) in [5.74, 6) is 0.0972. The Labute approximate surface area is 171 Å². The van der Waals surface area contributed by atoms with Gasteiger partial charge in [0.15, 0.2) is 6.61 Å². The standard InChI is InChI=1S/C18H20F2N6O3S/c1-24-10-14(9-23-24)30(27,28)26-6-4-25(5-7-26)13-2-3-16-15(8-13)18(22-12-21-16)29-11-17(19)20/h2-3,8-10,12,17H,4-7,11H2,1H3. The molecule has 1 aliphatic rings. The highest BCUT2D eigenvalue weighted by molar-refractivity contribution is 7.89. The number of aryl methyl sites for hydroxylation is 1. The first kappa shape index (κ1) is 20.4. The Balaban J connectivity index is 1.51. The smallest absolute Gasteiger partial charge is 0.272 e. The van der Waals surface area contributed by atoms with Crippen LogP contribution in [0.2, 0.25) is 0 Å². The molecule has 2 aromatic heterocycles. The number of piperazine rings is 1. The molecule has 1 saturated heterocycles. The lowest BCUT2D eigenvalue weighted by Crippen LogP contribution is -2.48. The van der Waals surface area contributed by atoms with Crippen LogP contribution < -0.4 is 9.64 Å². The number of aromatic nitrogens is 4. The SMILES string of the molecule is Cn1cc(S(=O)(=O)N2CCN(c3ccc4ncnc(OCC(F)F)c4c3)CC2)cn1. The maximum absolute atomic E-state index is 12.7. The molecule has 12 heteroatoms. The molecule has 4 rings (SSSR count). The maximum atomic E-state index is 12.7. The highest BCUT2D eigenvalue weighted by atomic mass is 32.2. The van der Waals surface area contributed by atoms with E-state index < -0.39 is 23.1 Å². The van der Waals surface area contributed by atoms with Crippen molar-refractivity contribution >= 4 is 26.6 Å². The summed E-state index contributed by atoms with van der Waals surface area (Å²) in [6.07, 6.45) is 1.48. The normalized spacial score (nSPS) is 15.8. The van der Waals surface area contributed by atoms with Gasteiger partial charge < -0.3 is 9.64 Å². The number of nitrogens with zero attached hydrogens (tertiary/aromatic N) is 6. The predicted molar refractivity (Wildman–Crippen MR) is 105 cm³/mol. The van der Waals surface area contributed by atoms with Gasteiger partial charge in [-0.15, -0.1) is 0 Å². The summed E-state index contributed by atoms with van der Waals surface area (Å²) in [4.78, 5) is 10.3. The molecule has 3 heterocycles. The van der Waals surface area contributed by atoms with E-state index in [1.165, 1.54) is 27.7 Å². The zero-order valence-corrected chi connectivity index (χ0v) is 17.0. The van der Waals surface area contributed by atoms with Crippen LogP contribution in [-0.4, -0.2) is 71.7 Å². The fourth-order valence-electron chi connectivity index (χ4n) is 3.34. The van der Waals surface area contributed by atoms with Crippen LogP contribution >= 0.6 is 0 Å². The van der Waals surface area contributed by atoms with E-state index in [0.717, 1.165) is 5.69 Å². The van der Waals surface area contributed by atoms with Crippen molar-refractivity contribution in [1.82, 2.24) is 24.1 Å². The fourth-order valence-corrected chi connectivity index (χ4v) is 4.75. The van der Waals surface area contributed by atoms with Gasteiger partial charge in [0, 0.05) is 45.1 Å². The molecule has 0 amide bonds. The molecule has 3 aromatic rings. The molecule has 0 atom stereocenters. The summed E-state index contributed by atoms with van der Waals surface area (Å²) in [7, 11) is -1.93. The van der Waals surface area contributed by atoms with Crippen molar-refractivity contribution in [3.63, 3.8) is 0 Å². The number of rotatable bonds is 6. The molecule has 0 saturated carbocycles. The van der Waals surface area contributed by atoms with Gasteiger partial charge in [-0.3, -0.25) is 4.68 Å². The summed E-state index contributed by atoms with van der Waals surface area (Å²) in [5, 5.41) is 4.46. The minimum absolute atomic E-state index is 0.0972. The number of sulfonamides is 1. The monoisotopic (exact) mass is 438 g/mol. The van der Waals surface area contributed by atoms with Crippen molar-refractivity contribution in [1.29, 1.82) is 0 Å². The minimum atomic E-state index is -3.59. The molecular weight excluding hydrogens is 418 g/mol. The molecule has 1 aliphatic heterocycles. The number of hydrogen-bond acceptors (Lipinski definition) is 7. The summed E-state index contributed by atoms with van der Waals surface area (Å²) in [6.45, 7) is 0.837. The third-order valence-corrected chi connectivity index (χ3v) is 6.70. The quantitative estimate of drug-likeness (QED) is 0.576. The van der Waals surface area contributed by atoms with Crippen LogP contribution in [0.3, 0.4) is 0 Å². The molecule has 0 spiro atoms. The first-order valence-electron chi connectivity index (χ1n) is 9.24. The summed E-state index contributed by atoms with van der Waals surface area (Å²) >= 11 is 0. The van der Waals surface area contributed by atoms with E-state index in [9.17, 15) is 17.2 Å². The van der Waals surface area contributed by atoms with Crippen LogP contribution in [0.4, 0.5) is 14.5 Å². The third kappa shape index (κ3) is 4.05. The van der Waals surface area contributed by atoms with Gasteiger partial charge in [0.25, 0.3) is 6.43 Å². The summed E-state index contributed by atoms with van der Waals surface area (Å²) in [5.41, 5.74) is 1.40. The average Bonchev–Trinajstić information content (AvgIpc) is 3.19. The molecule has 0 unspecified atom stereocenters. The number of fused-ring (bicyclic) bond motifs is 1. The van der Waals surface area contributed by atoms with Gasteiger partial charge in [-0.05, 0) is 18.2 Å². The Morgan fingerprint density at radius 1 is 1.17 bits per heavy atom. The van der Waals surface area contributed by atoms with Crippen molar-refractivity contribution in [3.05, 3.63) is 36.9 Å². The van der Waals surface area contributed by atoms with E-state index >= 15 is 0 Å². The number of ether oxygens (including phenoxy) is 1. The molecule has 9 nitrogen and oxygen atoms in total. The van der Waals surface area contributed by atoms with Gasteiger partial charge in [0.2, 0.25) is 15.9 Å². The Morgan fingerprint density at radius 2 is 1.93 bits per heavy atom. The number of benzene rings is 1. The molecular formula is C18H20F2N6O3S. The van der Waals surface area contributed by atoms with Crippen molar-refractivity contribution in [2.75, 3.05) is 37.7 Å². The summed E-state index contributed by atoms with van der Waals surface area (Å²) in [6, 6.07) is 5.40. The van der Waals surface area contributed by atoms with E-state index in [2.05, 4.69) is 15.1 Å². The molecule has 0 aliphatic carbocycles. The van der Waals surface area contributed by atoms with Crippen molar-refractivity contribution < 1.29 is 21.9 Å². The van der Waals surface area contributed by atoms with Gasteiger partial charge in [-0.2, -0.15) is 9.40 Å².